The van der Waals surface area contributed by atoms with Crippen LogP contribution in [0.5, 0.6) is 0 Å². The molecule has 6 nitrogen and oxygen atoms in total. The maximum atomic E-state index is 11.6. The number of hydrogen-bond donors (Lipinski definition) is 2. The first-order valence-corrected chi connectivity index (χ1v) is 8.54. The average molecular weight is 354 g/mol. The van der Waals surface area contributed by atoms with Gasteiger partial charge in [0.15, 0.2) is 0 Å². The number of β-amino-alcohol motifs (C(OH)–C–C–N with tert-alkyl or cyclic N) is 1. The van der Waals surface area contributed by atoms with Crippen LogP contribution in [0.2, 0.25) is 0 Å². The van der Waals surface area contributed by atoms with Crippen LogP contribution in [-0.2, 0) is 9.53 Å². The molecule has 0 spiro atoms. The Balaban J connectivity index is 1.69. The molecule has 0 aromatic heterocycles. The molecule has 2 aromatic rings. The lowest BCUT2D eigenvalue weighted by atomic mass is 10.0. The number of benzene rings is 2. The van der Waals surface area contributed by atoms with Gasteiger partial charge >= 0.3 is 6.03 Å². The maximum absolute atomic E-state index is 11.6. The van der Waals surface area contributed by atoms with E-state index in [2.05, 4.69) is 5.32 Å². The van der Waals surface area contributed by atoms with Crippen LogP contribution >= 0.6 is 0 Å². The van der Waals surface area contributed by atoms with Crippen molar-refractivity contribution in [1.82, 2.24) is 10.2 Å². The zero-order valence-electron chi connectivity index (χ0n) is 14.6. The maximum Gasteiger partial charge on any atom is 0.324 e. The van der Waals surface area contributed by atoms with E-state index in [0.717, 1.165) is 21.6 Å². The number of carbonyl (C=O) groups is 2. The quantitative estimate of drug-likeness (QED) is 0.746. The van der Waals surface area contributed by atoms with Crippen LogP contribution in [0.15, 0.2) is 54.6 Å². The zero-order valence-corrected chi connectivity index (χ0v) is 14.6. The summed E-state index contributed by atoms with van der Waals surface area (Å²) in [6.45, 7) is 1.91. The van der Waals surface area contributed by atoms with Crippen molar-refractivity contribution in [3.63, 3.8) is 0 Å². The fourth-order valence-electron chi connectivity index (χ4n) is 2.86. The predicted molar refractivity (Wildman–Crippen MR) is 96.5 cm³/mol. The molecule has 2 N–H and O–H groups in total. The molecule has 1 saturated heterocycles. The Hall–Kier alpha value is -2.70. The minimum atomic E-state index is -0.959. The van der Waals surface area contributed by atoms with Crippen LogP contribution in [0.25, 0.3) is 0 Å². The first-order valence-electron chi connectivity index (χ1n) is 8.54. The van der Waals surface area contributed by atoms with E-state index >= 15 is 0 Å². The third-order valence-electron chi connectivity index (χ3n) is 4.27. The summed E-state index contributed by atoms with van der Waals surface area (Å²) in [7, 11) is 0. The molecule has 3 amide bonds. The molecule has 0 saturated carbocycles. The van der Waals surface area contributed by atoms with Gasteiger partial charge in [0.25, 0.3) is 0 Å². The Bertz CT molecular complexity index is 745. The summed E-state index contributed by atoms with van der Waals surface area (Å²) in [5, 5.41) is 12.7. The van der Waals surface area contributed by atoms with Gasteiger partial charge in [0, 0.05) is 0 Å². The van der Waals surface area contributed by atoms with Gasteiger partial charge in [-0.2, -0.15) is 0 Å². The Morgan fingerprint density at radius 3 is 2.35 bits per heavy atom. The molecule has 2 atom stereocenters. The Morgan fingerprint density at radius 1 is 1.08 bits per heavy atom. The number of aliphatic hydroxyl groups excluding tert-OH is 1. The number of amides is 3. The number of aliphatic hydroxyl groups is 1. The van der Waals surface area contributed by atoms with Gasteiger partial charge in [0.1, 0.15) is 6.10 Å². The summed E-state index contributed by atoms with van der Waals surface area (Å²) in [4.78, 5) is 24.2. The molecular formula is C20H22N2O4. The molecular weight excluding hydrogens is 332 g/mol. The van der Waals surface area contributed by atoms with E-state index in [-0.39, 0.29) is 31.7 Å². The third-order valence-corrected chi connectivity index (χ3v) is 4.27. The number of hydrogen-bond acceptors (Lipinski definition) is 4. The SMILES string of the molecule is Cc1ccc([C@H](OC[C@H](O)CN2C(=O)CNC2=O)c2ccccc2)cc1. The molecule has 26 heavy (non-hydrogen) atoms. The van der Waals surface area contributed by atoms with Gasteiger partial charge in [-0.25, -0.2) is 4.79 Å². The molecule has 2 aromatic carbocycles. The minimum absolute atomic E-state index is 0.00446. The molecule has 1 aliphatic heterocycles. The lowest BCUT2D eigenvalue weighted by molar-refractivity contribution is -0.126. The van der Waals surface area contributed by atoms with Crippen LogP contribution < -0.4 is 5.32 Å². The normalized spacial score (nSPS) is 16.5. The number of ether oxygens (including phenoxy) is 1. The van der Waals surface area contributed by atoms with Crippen molar-refractivity contribution in [2.45, 2.75) is 19.1 Å². The van der Waals surface area contributed by atoms with E-state index < -0.39 is 12.1 Å². The van der Waals surface area contributed by atoms with E-state index in [1.807, 2.05) is 61.5 Å². The van der Waals surface area contributed by atoms with E-state index in [1.54, 1.807) is 0 Å². The Kier molecular flexibility index (Phi) is 5.65. The Labute approximate surface area is 152 Å². The number of nitrogens with one attached hydrogen (secondary N) is 1. The first-order chi connectivity index (χ1) is 12.5. The topological polar surface area (TPSA) is 78.9 Å². The van der Waals surface area contributed by atoms with Crippen LogP contribution in [-0.4, -0.2) is 47.7 Å². The summed E-state index contributed by atoms with van der Waals surface area (Å²) < 4.78 is 5.98. The van der Waals surface area contributed by atoms with Crippen molar-refractivity contribution in [1.29, 1.82) is 0 Å². The molecule has 0 bridgehead atoms. The molecule has 0 aliphatic carbocycles. The molecule has 0 unspecified atom stereocenters. The van der Waals surface area contributed by atoms with Gasteiger partial charge in [0.2, 0.25) is 5.91 Å². The fourth-order valence-corrected chi connectivity index (χ4v) is 2.86. The number of urea groups is 1. The highest BCUT2D eigenvalue weighted by Gasteiger charge is 2.30. The smallest absolute Gasteiger partial charge is 0.324 e. The summed E-state index contributed by atoms with van der Waals surface area (Å²) in [5.41, 5.74) is 3.10. The number of rotatable bonds is 7. The van der Waals surface area contributed by atoms with Crippen molar-refractivity contribution in [3.05, 3.63) is 71.3 Å². The van der Waals surface area contributed by atoms with Crippen LogP contribution in [0.3, 0.4) is 0 Å². The zero-order chi connectivity index (χ0) is 18.5. The standard InChI is InChI=1S/C20H22N2O4/c1-14-7-9-16(10-8-14)19(15-5-3-2-4-6-15)26-13-17(23)12-22-18(24)11-21-20(22)25/h2-10,17,19,23H,11-13H2,1H3,(H,21,25)/t17-,19-/m1/s1. The number of nitrogens with zero attached hydrogens (tertiary/aromatic N) is 1. The molecule has 6 heteroatoms. The Morgan fingerprint density at radius 2 is 1.73 bits per heavy atom. The van der Waals surface area contributed by atoms with Crippen LogP contribution in [0, 0.1) is 6.92 Å². The number of aryl methyl sites for hydroxylation is 1. The lowest BCUT2D eigenvalue weighted by Gasteiger charge is -2.23. The fraction of sp³-hybridized carbons (Fsp3) is 0.300. The van der Waals surface area contributed by atoms with E-state index in [4.69, 9.17) is 4.74 Å². The van der Waals surface area contributed by atoms with Crippen LogP contribution in [0.1, 0.15) is 22.8 Å². The largest absolute Gasteiger partial charge is 0.389 e. The minimum Gasteiger partial charge on any atom is -0.389 e. The number of imide groups is 1. The molecule has 1 heterocycles. The summed E-state index contributed by atoms with van der Waals surface area (Å²) in [6.07, 6.45) is -1.30. The highest BCUT2D eigenvalue weighted by atomic mass is 16.5. The van der Waals surface area contributed by atoms with Gasteiger partial charge in [-0.3, -0.25) is 9.69 Å². The van der Waals surface area contributed by atoms with Crippen molar-refractivity contribution in [2.24, 2.45) is 0 Å². The number of carbonyl (C=O) groups excluding carboxylic acids is 2. The highest BCUT2D eigenvalue weighted by molar-refractivity contribution is 6.01. The van der Waals surface area contributed by atoms with Crippen LogP contribution in [0.4, 0.5) is 4.79 Å². The average Bonchev–Trinajstić information content (AvgIpc) is 2.96. The van der Waals surface area contributed by atoms with Crippen molar-refractivity contribution in [2.75, 3.05) is 19.7 Å². The van der Waals surface area contributed by atoms with Crippen molar-refractivity contribution < 1.29 is 19.4 Å². The van der Waals surface area contributed by atoms with Gasteiger partial charge < -0.3 is 15.2 Å². The second-order valence-electron chi connectivity index (χ2n) is 6.35. The molecule has 3 rings (SSSR count). The van der Waals surface area contributed by atoms with Gasteiger partial charge in [0.05, 0.1) is 25.8 Å². The van der Waals surface area contributed by atoms with Gasteiger partial charge in [-0.1, -0.05) is 60.2 Å². The molecule has 1 fully saturated rings. The van der Waals surface area contributed by atoms with Crippen molar-refractivity contribution >= 4 is 11.9 Å². The first kappa shape index (κ1) is 18.1. The van der Waals surface area contributed by atoms with E-state index in [9.17, 15) is 14.7 Å². The third kappa shape index (κ3) is 4.28. The highest BCUT2D eigenvalue weighted by Crippen LogP contribution is 2.26. The van der Waals surface area contributed by atoms with E-state index in [1.165, 1.54) is 0 Å². The van der Waals surface area contributed by atoms with Gasteiger partial charge in [-0.15, -0.1) is 0 Å². The second-order valence-corrected chi connectivity index (χ2v) is 6.35. The predicted octanol–water partition coefficient (Wildman–Crippen LogP) is 2.01. The second kappa shape index (κ2) is 8.12. The molecule has 136 valence electrons. The monoisotopic (exact) mass is 354 g/mol. The van der Waals surface area contributed by atoms with E-state index in [0.29, 0.717) is 0 Å². The summed E-state index contributed by atoms with van der Waals surface area (Å²) >= 11 is 0. The molecule has 1 aliphatic rings. The summed E-state index contributed by atoms with van der Waals surface area (Å²) in [6, 6.07) is 17.3. The molecule has 0 radical (unpaired) electrons. The van der Waals surface area contributed by atoms with Crippen molar-refractivity contribution in [3.8, 4) is 0 Å². The van der Waals surface area contributed by atoms with Gasteiger partial charge in [-0.05, 0) is 18.1 Å². The lowest BCUT2D eigenvalue weighted by Crippen LogP contribution is -2.39. The summed E-state index contributed by atoms with van der Waals surface area (Å²) in [5.74, 6) is -0.341.